The molecular weight excluding hydrogens is 331 g/mol. The molecule has 2 amide bonds. The first-order valence-corrected chi connectivity index (χ1v) is 8.33. The van der Waals surface area contributed by atoms with Crippen LogP contribution >= 0.6 is 11.3 Å². The molecule has 2 N–H and O–H groups in total. The Kier molecular flexibility index (Phi) is 4.95. The van der Waals surface area contributed by atoms with Gasteiger partial charge in [0.15, 0.2) is 4.96 Å². The molecule has 6 nitrogen and oxygen atoms in total. The molecule has 3 rings (SSSR count). The first-order chi connectivity index (χ1) is 11.6. The Morgan fingerprint density at radius 3 is 2.92 bits per heavy atom. The highest BCUT2D eigenvalue weighted by Gasteiger charge is 2.08. The summed E-state index contributed by atoms with van der Waals surface area (Å²) >= 11 is 1.54. The number of nitrogens with one attached hydrogen (secondary N) is 2. The Hall–Kier alpha value is -2.61. The van der Waals surface area contributed by atoms with Crippen LogP contribution in [0.15, 0.2) is 42.0 Å². The van der Waals surface area contributed by atoms with Crippen LogP contribution in [-0.2, 0) is 6.54 Å². The molecule has 0 fully saturated rings. The van der Waals surface area contributed by atoms with Gasteiger partial charge in [0.1, 0.15) is 17.7 Å². The number of amides is 2. The summed E-state index contributed by atoms with van der Waals surface area (Å²) in [5.41, 5.74) is 0.799. The van der Waals surface area contributed by atoms with Crippen molar-refractivity contribution in [3.05, 3.63) is 53.6 Å². The van der Waals surface area contributed by atoms with Crippen molar-refractivity contribution in [2.24, 2.45) is 0 Å². The molecule has 24 heavy (non-hydrogen) atoms. The van der Waals surface area contributed by atoms with Crippen molar-refractivity contribution in [3.8, 4) is 5.75 Å². The van der Waals surface area contributed by atoms with E-state index < -0.39 is 0 Å². The topological polar surface area (TPSA) is 67.7 Å². The van der Waals surface area contributed by atoms with Gasteiger partial charge in [-0.25, -0.2) is 14.2 Å². The van der Waals surface area contributed by atoms with Gasteiger partial charge in [-0.15, -0.1) is 11.3 Å². The molecule has 8 heteroatoms. The number of fused-ring (bicyclic) bond motifs is 1. The fraction of sp³-hybridized carbons (Fsp3) is 0.250. The van der Waals surface area contributed by atoms with Gasteiger partial charge in [-0.05, 0) is 31.2 Å². The zero-order chi connectivity index (χ0) is 16.9. The van der Waals surface area contributed by atoms with Gasteiger partial charge < -0.3 is 15.4 Å². The molecule has 0 radical (unpaired) electrons. The molecule has 0 aliphatic rings. The molecule has 0 saturated carbocycles. The first-order valence-electron chi connectivity index (χ1n) is 7.45. The average Bonchev–Trinajstić information content (AvgIpc) is 3.14. The number of hydrogen-bond acceptors (Lipinski definition) is 4. The molecule has 1 atom stereocenters. The number of benzene rings is 1. The lowest BCUT2D eigenvalue weighted by Gasteiger charge is -2.15. The van der Waals surface area contributed by atoms with Crippen LogP contribution in [0.3, 0.4) is 0 Å². The predicted octanol–water partition coefficient (Wildman–Crippen LogP) is 2.80. The highest BCUT2D eigenvalue weighted by molar-refractivity contribution is 7.15. The third-order valence-electron chi connectivity index (χ3n) is 3.27. The third kappa shape index (κ3) is 4.23. The summed E-state index contributed by atoms with van der Waals surface area (Å²) in [5.74, 6) is 0.246. The fourth-order valence-electron chi connectivity index (χ4n) is 2.12. The normalized spacial score (nSPS) is 12.1. The average molecular weight is 348 g/mol. The van der Waals surface area contributed by atoms with E-state index in [0.717, 1.165) is 10.7 Å². The van der Waals surface area contributed by atoms with E-state index in [4.69, 9.17) is 4.74 Å². The molecule has 0 saturated heterocycles. The van der Waals surface area contributed by atoms with Gasteiger partial charge in [0.2, 0.25) is 0 Å². The van der Waals surface area contributed by atoms with Crippen molar-refractivity contribution in [2.45, 2.75) is 19.6 Å². The van der Waals surface area contributed by atoms with Gasteiger partial charge in [-0.2, -0.15) is 0 Å². The van der Waals surface area contributed by atoms with Crippen molar-refractivity contribution in [1.29, 1.82) is 0 Å². The number of imidazole rings is 1. The summed E-state index contributed by atoms with van der Waals surface area (Å²) in [6.45, 7) is 2.52. The van der Waals surface area contributed by atoms with Crippen LogP contribution in [0.1, 0.15) is 12.6 Å². The van der Waals surface area contributed by atoms with Crippen molar-refractivity contribution in [3.63, 3.8) is 0 Å². The number of urea groups is 1. The van der Waals surface area contributed by atoms with Crippen molar-refractivity contribution in [1.82, 2.24) is 20.0 Å². The largest absolute Gasteiger partial charge is 0.489 e. The molecular formula is C16H17FN4O2S. The van der Waals surface area contributed by atoms with E-state index in [-0.39, 0.29) is 18.0 Å². The summed E-state index contributed by atoms with van der Waals surface area (Å²) in [4.78, 5) is 17.1. The van der Waals surface area contributed by atoms with Crippen molar-refractivity contribution >= 4 is 22.3 Å². The van der Waals surface area contributed by atoms with E-state index in [9.17, 15) is 9.18 Å². The summed E-state index contributed by atoms with van der Waals surface area (Å²) < 4.78 is 20.3. The van der Waals surface area contributed by atoms with Crippen LogP contribution in [0.2, 0.25) is 0 Å². The van der Waals surface area contributed by atoms with Gasteiger partial charge in [0.05, 0.1) is 18.8 Å². The molecule has 0 aliphatic carbocycles. The van der Waals surface area contributed by atoms with Crippen LogP contribution in [0.25, 0.3) is 4.96 Å². The number of ether oxygens (including phenoxy) is 1. The quantitative estimate of drug-likeness (QED) is 0.720. The van der Waals surface area contributed by atoms with Gasteiger partial charge in [0, 0.05) is 17.8 Å². The number of hydrogen-bond donors (Lipinski definition) is 2. The highest BCUT2D eigenvalue weighted by Crippen LogP contribution is 2.13. The Morgan fingerprint density at radius 2 is 2.17 bits per heavy atom. The van der Waals surface area contributed by atoms with E-state index in [2.05, 4.69) is 15.6 Å². The second-order valence-corrected chi connectivity index (χ2v) is 6.14. The van der Waals surface area contributed by atoms with Crippen LogP contribution < -0.4 is 15.4 Å². The molecule has 0 aliphatic heterocycles. The molecule has 2 aromatic heterocycles. The molecule has 0 unspecified atom stereocenters. The second-order valence-electron chi connectivity index (χ2n) is 5.27. The number of carbonyl (C=O) groups excluding carboxylic acids is 1. The summed E-state index contributed by atoms with van der Waals surface area (Å²) in [7, 11) is 0. The minimum Gasteiger partial charge on any atom is -0.489 e. The smallest absolute Gasteiger partial charge is 0.315 e. The summed E-state index contributed by atoms with van der Waals surface area (Å²) in [6.07, 6.45) is 3.57. The van der Waals surface area contributed by atoms with Crippen LogP contribution in [-0.4, -0.2) is 28.1 Å². The van der Waals surface area contributed by atoms with Gasteiger partial charge >= 0.3 is 6.03 Å². The summed E-state index contributed by atoms with van der Waals surface area (Å²) in [5, 5.41) is 7.43. The van der Waals surface area contributed by atoms with Gasteiger partial charge in [0.25, 0.3) is 0 Å². The van der Waals surface area contributed by atoms with E-state index in [1.54, 1.807) is 23.5 Å². The number of carbonyl (C=O) groups is 1. The maximum absolute atomic E-state index is 12.8. The fourth-order valence-corrected chi connectivity index (χ4v) is 2.84. The highest BCUT2D eigenvalue weighted by atomic mass is 32.1. The molecule has 3 aromatic rings. The number of nitrogens with zero attached hydrogens (tertiary/aromatic N) is 2. The maximum Gasteiger partial charge on any atom is 0.315 e. The van der Waals surface area contributed by atoms with E-state index in [1.807, 2.05) is 29.1 Å². The minimum absolute atomic E-state index is 0.237. The zero-order valence-corrected chi connectivity index (χ0v) is 13.8. The van der Waals surface area contributed by atoms with E-state index in [1.165, 1.54) is 12.1 Å². The van der Waals surface area contributed by atoms with E-state index in [0.29, 0.717) is 18.8 Å². The Bertz CT molecular complexity index is 786. The number of thiazole rings is 1. The number of aromatic nitrogens is 2. The lowest BCUT2D eigenvalue weighted by molar-refractivity contribution is 0.207. The van der Waals surface area contributed by atoms with Crippen LogP contribution in [0.5, 0.6) is 5.75 Å². The first kappa shape index (κ1) is 16.3. The standard InChI is InChI=1S/C16H17FN4O2S/c1-11(23-14-4-2-12(17)3-5-14)8-18-15(22)19-9-13-10-21-6-7-24-16(21)20-13/h2-7,10-11H,8-9H2,1H3,(H2,18,19,22)/t11-/m0/s1. The lowest BCUT2D eigenvalue weighted by Crippen LogP contribution is -2.40. The Morgan fingerprint density at radius 1 is 1.38 bits per heavy atom. The Labute approximate surface area is 142 Å². The SMILES string of the molecule is C[C@@H](CNC(=O)NCc1cn2ccsc2n1)Oc1ccc(F)cc1. The monoisotopic (exact) mass is 348 g/mol. The molecule has 0 bridgehead atoms. The van der Waals surface area contributed by atoms with Crippen molar-refractivity contribution < 1.29 is 13.9 Å². The van der Waals surface area contributed by atoms with Crippen LogP contribution in [0, 0.1) is 5.82 Å². The van der Waals surface area contributed by atoms with E-state index >= 15 is 0 Å². The van der Waals surface area contributed by atoms with Gasteiger partial charge in [-0.1, -0.05) is 0 Å². The van der Waals surface area contributed by atoms with Crippen molar-refractivity contribution in [2.75, 3.05) is 6.54 Å². The number of rotatable bonds is 6. The van der Waals surface area contributed by atoms with Crippen LogP contribution in [0.4, 0.5) is 9.18 Å². The maximum atomic E-state index is 12.8. The molecule has 1 aromatic carbocycles. The second kappa shape index (κ2) is 7.31. The third-order valence-corrected chi connectivity index (χ3v) is 4.04. The van der Waals surface area contributed by atoms with Gasteiger partial charge in [-0.3, -0.25) is 4.40 Å². The summed E-state index contributed by atoms with van der Waals surface area (Å²) in [6, 6.07) is 5.48. The Balaban J connectivity index is 1.40. The molecule has 0 spiro atoms. The lowest BCUT2D eigenvalue weighted by atomic mass is 10.3. The molecule has 126 valence electrons. The predicted molar refractivity (Wildman–Crippen MR) is 89.8 cm³/mol. The number of halogens is 1. The minimum atomic E-state index is -0.313. The zero-order valence-electron chi connectivity index (χ0n) is 13.0. The molecule has 2 heterocycles.